The summed E-state index contributed by atoms with van der Waals surface area (Å²) in [5, 5.41) is 3.28. The number of rotatable bonds is 7. The van der Waals surface area contributed by atoms with Gasteiger partial charge in [-0.15, -0.1) is 0 Å². The Morgan fingerprint density at radius 1 is 0.850 bits per heavy atom. The molecule has 2 aromatic carbocycles. The van der Waals surface area contributed by atoms with Gasteiger partial charge < -0.3 is 5.32 Å². The van der Waals surface area contributed by atoms with Crippen LogP contribution in [0.1, 0.15) is 18.1 Å². The third-order valence-corrected chi connectivity index (χ3v) is 3.58. The Kier molecular flexibility index (Phi) is 5.78. The van der Waals surface area contributed by atoms with Crippen molar-refractivity contribution in [1.29, 1.82) is 0 Å². The van der Waals surface area contributed by atoms with Crippen molar-refractivity contribution >= 4 is 0 Å². The van der Waals surface area contributed by atoms with Gasteiger partial charge in [-0.1, -0.05) is 60.7 Å². The van der Waals surface area contributed by atoms with Gasteiger partial charge in [0.2, 0.25) is 0 Å². The second kappa shape index (κ2) is 7.83. The van der Waals surface area contributed by atoms with Crippen LogP contribution in [0.25, 0.3) is 0 Å². The Morgan fingerprint density at radius 2 is 1.30 bits per heavy atom. The molecule has 2 aromatic rings. The SMILES string of the molecule is CNCC(C)N(Cc1ccccc1)Cc1ccccc1. The van der Waals surface area contributed by atoms with Gasteiger partial charge in [-0.3, -0.25) is 4.90 Å². The molecule has 106 valence electrons. The summed E-state index contributed by atoms with van der Waals surface area (Å²) in [7, 11) is 2.01. The van der Waals surface area contributed by atoms with Crippen molar-refractivity contribution in [3.63, 3.8) is 0 Å². The number of hydrogen-bond acceptors (Lipinski definition) is 2. The molecule has 20 heavy (non-hydrogen) atoms. The summed E-state index contributed by atoms with van der Waals surface area (Å²) >= 11 is 0. The quantitative estimate of drug-likeness (QED) is 0.829. The zero-order chi connectivity index (χ0) is 14.2. The van der Waals surface area contributed by atoms with Crippen molar-refractivity contribution in [2.24, 2.45) is 0 Å². The summed E-state index contributed by atoms with van der Waals surface area (Å²) < 4.78 is 0. The van der Waals surface area contributed by atoms with Crippen LogP contribution in [0.5, 0.6) is 0 Å². The van der Waals surface area contributed by atoms with Gasteiger partial charge in [0.1, 0.15) is 0 Å². The number of likely N-dealkylation sites (N-methyl/N-ethyl adjacent to an activating group) is 1. The molecule has 2 rings (SSSR count). The minimum atomic E-state index is 0.500. The maximum Gasteiger partial charge on any atom is 0.0240 e. The molecule has 0 saturated heterocycles. The van der Waals surface area contributed by atoms with Crippen molar-refractivity contribution in [2.45, 2.75) is 26.1 Å². The van der Waals surface area contributed by atoms with Gasteiger partial charge >= 0.3 is 0 Å². The van der Waals surface area contributed by atoms with Gasteiger partial charge in [-0.2, -0.15) is 0 Å². The molecule has 0 spiro atoms. The first kappa shape index (κ1) is 14.8. The fourth-order valence-electron chi connectivity index (χ4n) is 2.43. The minimum absolute atomic E-state index is 0.500. The molecule has 2 nitrogen and oxygen atoms in total. The van der Waals surface area contributed by atoms with Gasteiger partial charge in [0.05, 0.1) is 0 Å². The van der Waals surface area contributed by atoms with Gasteiger partial charge in [0.15, 0.2) is 0 Å². The van der Waals surface area contributed by atoms with Crippen molar-refractivity contribution in [3.8, 4) is 0 Å². The molecular weight excluding hydrogens is 244 g/mol. The Balaban J connectivity index is 2.08. The van der Waals surface area contributed by atoms with E-state index in [1.54, 1.807) is 0 Å². The summed E-state index contributed by atoms with van der Waals surface area (Å²) in [4.78, 5) is 2.52. The van der Waals surface area contributed by atoms with E-state index in [9.17, 15) is 0 Å². The lowest BCUT2D eigenvalue weighted by atomic mass is 10.1. The fourth-order valence-corrected chi connectivity index (χ4v) is 2.43. The van der Waals surface area contributed by atoms with Gasteiger partial charge in [-0.25, -0.2) is 0 Å². The van der Waals surface area contributed by atoms with E-state index >= 15 is 0 Å². The van der Waals surface area contributed by atoms with E-state index < -0.39 is 0 Å². The van der Waals surface area contributed by atoms with Crippen LogP contribution in [0.4, 0.5) is 0 Å². The lowest BCUT2D eigenvalue weighted by molar-refractivity contribution is 0.189. The molecule has 0 aliphatic heterocycles. The Bertz CT molecular complexity index is 440. The second-order valence-corrected chi connectivity index (χ2v) is 5.28. The van der Waals surface area contributed by atoms with Crippen molar-refractivity contribution < 1.29 is 0 Å². The average Bonchev–Trinajstić information content (AvgIpc) is 2.49. The molecule has 0 amide bonds. The summed E-state index contributed by atoms with van der Waals surface area (Å²) in [6.07, 6.45) is 0. The van der Waals surface area contributed by atoms with Crippen LogP contribution < -0.4 is 5.32 Å². The highest BCUT2D eigenvalue weighted by molar-refractivity contribution is 5.17. The first-order valence-corrected chi connectivity index (χ1v) is 7.26. The molecule has 0 aliphatic carbocycles. The molecule has 1 atom stereocenters. The van der Waals surface area contributed by atoms with Crippen molar-refractivity contribution in [3.05, 3.63) is 71.8 Å². The third kappa shape index (κ3) is 4.48. The van der Waals surface area contributed by atoms with Gasteiger partial charge in [-0.05, 0) is 25.1 Å². The summed E-state index contributed by atoms with van der Waals surface area (Å²) in [6.45, 7) is 5.25. The lowest BCUT2D eigenvalue weighted by Gasteiger charge is -2.29. The Morgan fingerprint density at radius 3 is 1.70 bits per heavy atom. The van der Waals surface area contributed by atoms with Gasteiger partial charge in [0, 0.05) is 25.7 Å². The minimum Gasteiger partial charge on any atom is -0.318 e. The molecule has 0 heterocycles. The van der Waals surface area contributed by atoms with E-state index in [1.807, 2.05) is 7.05 Å². The zero-order valence-electron chi connectivity index (χ0n) is 12.4. The summed E-state index contributed by atoms with van der Waals surface area (Å²) in [5.41, 5.74) is 2.73. The van der Waals surface area contributed by atoms with Crippen LogP contribution in [-0.4, -0.2) is 24.5 Å². The van der Waals surface area contributed by atoms with E-state index in [4.69, 9.17) is 0 Å². The standard InChI is InChI=1S/C18H24N2/c1-16(13-19-2)20(14-17-9-5-3-6-10-17)15-18-11-7-4-8-12-18/h3-12,16,19H,13-15H2,1-2H3. The molecule has 0 radical (unpaired) electrons. The molecule has 0 fully saturated rings. The normalized spacial score (nSPS) is 12.6. The van der Waals surface area contributed by atoms with Crippen LogP contribution >= 0.6 is 0 Å². The average molecular weight is 268 g/mol. The predicted molar refractivity (Wildman–Crippen MR) is 85.5 cm³/mol. The van der Waals surface area contributed by atoms with Crippen molar-refractivity contribution in [2.75, 3.05) is 13.6 Å². The van der Waals surface area contributed by atoms with Crippen LogP contribution in [0.2, 0.25) is 0 Å². The summed E-state index contributed by atoms with van der Waals surface area (Å²) in [5.74, 6) is 0. The Labute approximate surface area is 122 Å². The van der Waals surface area contributed by atoms with E-state index in [0.717, 1.165) is 19.6 Å². The highest BCUT2D eigenvalue weighted by Gasteiger charge is 2.14. The molecule has 2 heteroatoms. The van der Waals surface area contributed by atoms with E-state index in [2.05, 4.69) is 77.8 Å². The number of nitrogens with zero attached hydrogens (tertiary/aromatic N) is 1. The fraction of sp³-hybridized carbons (Fsp3) is 0.333. The first-order valence-electron chi connectivity index (χ1n) is 7.26. The Hall–Kier alpha value is -1.64. The monoisotopic (exact) mass is 268 g/mol. The van der Waals surface area contributed by atoms with E-state index in [0.29, 0.717) is 6.04 Å². The molecule has 1 N–H and O–H groups in total. The third-order valence-electron chi connectivity index (χ3n) is 3.58. The molecular formula is C18H24N2. The molecule has 0 saturated carbocycles. The smallest absolute Gasteiger partial charge is 0.0240 e. The maximum atomic E-state index is 3.28. The number of benzene rings is 2. The van der Waals surface area contributed by atoms with Gasteiger partial charge in [0.25, 0.3) is 0 Å². The second-order valence-electron chi connectivity index (χ2n) is 5.28. The first-order chi connectivity index (χ1) is 9.79. The number of nitrogens with one attached hydrogen (secondary N) is 1. The van der Waals surface area contributed by atoms with E-state index in [-0.39, 0.29) is 0 Å². The van der Waals surface area contributed by atoms with E-state index in [1.165, 1.54) is 11.1 Å². The highest BCUT2D eigenvalue weighted by atomic mass is 15.2. The molecule has 0 bridgehead atoms. The van der Waals surface area contributed by atoms with Crippen molar-refractivity contribution in [1.82, 2.24) is 10.2 Å². The number of hydrogen-bond donors (Lipinski definition) is 1. The van der Waals surface area contributed by atoms with Crippen LogP contribution in [0.3, 0.4) is 0 Å². The molecule has 0 aromatic heterocycles. The van der Waals surface area contributed by atoms with Crippen LogP contribution in [0.15, 0.2) is 60.7 Å². The zero-order valence-corrected chi connectivity index (χ0v) is 12.4. The topological polar surface area (TPSA) is 15.3 Å². The maximum absolute atomic E-state index is 3.28. The largest absolute Gasteiger partial charge is 0.318 e. The van der Waals surface area contributed by atoms with Crippen LogP contribution in [-0.2, 0) is 13.1 Å². The lowest BCUT2D eigenvalue weighted by Crippen LogP contribution is -2.38. The molecule has 1 unspecified atom stereocenters. The summed E-state index contributed by atoms with van der Waals surface area (Å²) in [6, 6.07) is 21.9. The predicted octanol–water partition coefficient (Wildman–Crippen LogP) is 3.30. The molecule has 0 aliphatic rings. The highest BCUT2D eigenvalue weighted by Crippen LogP contribution is 2.13. The van der Waals surface area contributed by atoms with Crippen LogP contribution in [0, 0.1) is 0 Å².